The summed E-state index contributed by atoms with van der Waals surface area (Å²) in [5, 5.41) is 5.10. The van der Waals surface area contributed by atoms with Crippen LogP contribution in [0.5, 0.6) is 0 Å². The van der Waals surface area contributed by atoms with Crippen LogP contribution in [0.2, 0.25) is 0 Å². The first kappa shape index (κ1) is 25.2. The van der Waals surface area contributed by atoms with E-state index in [1.807, 2.05) is 13.0 Å². The van der Waals surface area contributed by atoms with Gasteiger partial charge in [0, 0.05) is 18.3 Å². The topological polar surface area (TPSA) is 128 Å². The molecular formula is C21H24N2O7S2. The molecule has 2 N–H and O–H groups in total. The molecule has 0 aliphatic carbocycles. The number of carbonyl (C=O) groups is 5. The van der Waals surface area contributed by atoms with Gasteiger partial charge >= 0.3 is 11.9 Å². The van der Waals surface area contributed by atoms with E-state index in [1.165, 1.54) is 18.4 Å². The van der Waals surface area contributed by atoms with E-state index in [-0.39, 0.29) is 40.7 Å². The summed E-state index contributed by atoms with van der Waals surface area (Å²) in [6.07, 6.45) is -0.177. The largest absolute Gasteiger partial charge is 0.462 e. The first-order valence-electron chi connectivity index (χ1n) is 9.75. The SMILES string of the molecule is CCOC(=O)c1c(NC(=O)COC(=O)CCC(=O)c2ccc(C)s2)sc(C(=O)NC)c1C. The van der Waals surface area contributed by atoms with E-state index in [9.17, 15) is 24.0 Å². The fourth-order valence-electron chi connectivity index (χ4n) is 2.68. The molecule has 0 fully saturated rings. The lowest BCUT2D eigenvalue weighted by Crippen LogP contribution is -2.22. The molecule has 2 heterocycles. The third-order valence-corrected chi connectivity index (χ3v) is 6.50. The van der Waals surface area contributed by atoms with Crippen LogP contribution in [0.3, 0.4) is 0 Å². The summed E-state index contributed by atoms with van der Waals surface area (Å²) in [6, 6.07) is 3.53. The molecule has 0 unspecified atom stereocenters. The molecule has 0 atom stereocenters. The third-order valence-electron chi connectivity index (χ3n) is 4.25. The van der Waals surface area contributed by atoms with Gasteiger partial charge in [-0.3, -0.25) is 19.2 Å². The summed E-state index contributed by atoms with van der Waals surface area (Å²) in [5.41, 5.74) is 0.453. The Kier molecular flexibility index (Phi) is 9.09. The lowest BCUT2D eigenvalue weighted by Gasteiger charge is -2.08. The Morgan fingerprint density at radius 2 is 1.72 bits per heavy atom. The highest BCUT2D eigenvalue weighted by Crippen LogP contribution is 2.33. The molecule has 0 saturated heterocycles. The lowest BCUT2D eigenvalue weighted by atomic mass is 10.1. The molecule has 0 radical (unpaired) electrons. The molecule has 0 aliphatic heterocycles. The molecule has 0 aliphatic rings. The van der Waals surface area contributed by atoms with Crippen molar-refractivity contribution in [1.82, 2.24) is 5.32 Å². The first-order valence-corrected chi connectivity index (χ1v) is 11.4. The molecule has 0 bridgehead atoms. The smallest absolute Gasteiger partial charge is 0.341 e. The van der Waals surface area contributed by atoms with Crippen LogP contribution < -0.4 is 10.6 Å². The summed E-state index contributed by atoms with van der Waals surface area (Å²) >= 11 is 2.27. The van der Waals surface area contributed by atoms with Gasteiger partial charge in [-0.1, -0.05) is 0 Å². The van der Waals surface area contributed by atoms with E-state index in [0.717, 1.165) is 16.2 Å². The molecule has 11 heteroatoms. The number of ketones is 1. The lowest BCUT2D eigenvalue weighted by molar-refractivity contribution is -0.147. The normalized spacial score (nSPS) is 10.4. The summed E-state index contributed by atoms with van der Waals surface area (Å²) in [4.78, 5) is 62.4. The summed E-state index contributed by atoms with van der Waals surface area (Å²) in [6.45, 7) is 4.63. The summed E-state index contributed by atoms with van der Waals surface area (Å²) in [5.74, 6) is -2.63. The maximum atomic E-state index is 12.3. The minimum atomic E-state index is -0.694. The maximum Gasteiger partial charge on any atom is 0.341 e. The molecule has 0 aromatic carbocycles. The zero-order valence-electron chi connectivity index (χ0n) is 18.2. The predicted molar refractivity (Wildman–Crippen MR) is 121 cm³/mol. The van der Waals surface area contributed by atoms with Crippen LogP contribution in [0.4, 0.5) is 5.00 Å². The Balaban J connectivity index is 1.96. The minimum absolute atomic E-state index is 0.0208. The van der Waals surface area contributed by atoms with Crippen molar-refractivity contribution in [3.63, 3.8) is 0 Å². The number of thiophene rings is 2. The zero-order chi connectivity index (χ0) is 23.8. The van der Waals surface area contributed by atoms with E-state index in [4.69, 9.17) is 9.47 Å². The highest BCUT2D eigenvalue weighted by Gasteiger charge is 2.26. The van der Waals surface area contributed by atoms with Crippen molar-refractivity contribution >= 4 is 57.2 Å². The van der Waals surface area contributed by atoms with Gasteiger partial charge in [-0.05, 0) is 38.5 Å². The molecule has 2 aromatic heterocycles. The molecule has 32 heavy (non-hydrogen) atoms. The number of nitrogens with one attached hydrogen (secondary N) is 2. The molecule has 2 aromatic rings. The van der Waals surface area contributed by atoms with Crippen molar-refractivity contribution in [3.05, 3.63) is 37.9 Å². The number of hydrogen-bond acceptors (Lipinski definition) is 9. The van der Waals surface area contributed by atoms with Gasteiger partial charge in [-0.25, -0.2) is 4.79 Å². The van der Waals surface area contributed by atoms with Crippen molar-refractivity contribution in [2.24, 2.45) is 0 Å². The number of Topliss-reactive ketones (excluding diaryl/α,β-unsaturated/α-hetero) is 1. The van der Waals surface area contributed by atoms with Crippen LogP contribution in [-0.4, -0.2) is 49.8 Å². The number of hydrogen-bond donors (Lipinski definition) is 2. The summed E-state index contributed by atoms with van der Waals surface area (Å²) in [7, 11) is 1.45. The Morgan fingerprint density at radius 1 is 1.00 bits per heavy atom. The zero-order valence-corrected chi connectivity index (χ0v) is 19.8. The molecule has 172 valence electrons. The molecular weight excluding hydrogens is 456 g/mol. The Morgan fingerprint density at radius 3 is 2.31 bits per heavy atom. The van der Waals surface area contributed by atoms with Crippen molar-refractivity contribution < 1.29 is 33.4 Å². The van der Waals surface area contributed by atoms with Crippen LogP contribution >= 0.6 is 22.7 Å². The van der Waals surface area contributed by atoms with Gasteiger partial charge < -0.3 is 20.1 Å². The molecule has 0 saturated carbocycles. The highest BCUT2D eigenvalue weighted by molar-refractivity contribution is 7.18. The molecule has 2 rings (SSSR count). The fourth-order valence-corrected chi connectivity index (χ4v) is 4.68. The molecule has 9 nitrogen and oxygen atoms in total. The van der Waals surface area contributed by atoms with E-state index >= 15 is 0 Å². The van der Waals surface area contributed by atoms with Crippen LogP contribution in [0.25, 0.3) is 0 Å². The standard InChI is InChI=1S/C21H24N2O7S2/c1-5-29-21(28)17-12(3)18(19(27)22-4)32-20(17)23-15(25)10-30-16(26)9-7-13(24)14-8-6-11(2)31-14/h6,8H,5,7,9-10H2,1-4H3,(H,22,27)(H,23,25). The van der Waals surface area contributed by atoms with Crippen LogP contribution in [0.1, 0.15) is 59.9 Å². The van der Waals surface area contributed by atoms with Crippen molar-refractivity contribution in [1.29, 1.82) is 0 Å². The van der Waals surface area contributed by atoms with E-state index in [1.54, 1.807) is 19.9 Å². The van der Waals surface area contributed by atoms with E-state index < -0.39 is 30.4 Å². The highest BCUT2D eigenvalue weighted by atomic mass is 32.1. The average Bonchev–Trinajstić information content (AvgIpc) is 3.33. The van der Waals surface area contributed by atoms with Crippen molar-refractivity contribution in [2.45, 2.75) is 33.6 Å². The average molecular weight is 481 g/mol. The van der Waals surface area contributed by atoms with Gasteiger partial charge in [0.1, 0.15) is 5.00 Å². The fraction of sp³-hybridized carbons (Fsp3) is 0.381. The van der Waals surface area contributed by atoms with E-state index in [0.29, 0.717) is 10.4 Å². The van der Waals surface area contributed by atoms with Crippen molar-refractivity contribution in [2.75, 3.05) is 25.6 Å². The summed E-state index contributed by atoms with van der Waals surface area (Å²) < 4.78 is 9.95. The number of aryl methyl sites for hydroxylation is 1. The second kappa shape index (κ2) is 11.5. The van der Waals surface area contributed by atoms with Crippen molar-refractivity contribution in [3.8, 4) is 0 Å². The van der Waals surface area contributed by atoms with Gasteiger partial charge in [0.05, 0.1) is 28.3 Å². The Hall–Kier alpha value is -3.05. The number of esters is 2. The van der Waals surface area contributed by atoms with Gasteiger partial charge in [-0.15, -0.1) is 22.7 Å². The number of rotatable bonds is 10. The van der Waals surface area contributed by atoms with Gasteiger partial charge in [0.2, 0.25) is 0 Å². The monoisotopic (exact) mass is 480 g/mol. The molecule has 0 spiro atoms. The number of amides is 2. The van der Waals surface area contributed by atoms with Gasteiger partial charge in [0.25, 0.3) is 11.8 Å². The minimum Gasteiger partial charge on any atom is -0.462 e. The Bertz CT molecular complexity index is 1040. The molecule has 2 amide bonds. The van der Waals surface area contributed by atoms with Gasteiger partial charge in [-0.2, -0.15) is 0 Å². The quantitative estimate of drug-likeness (QED) is 0.395. The van der Waals surface area contributed by atoms with Crippen LogP contribution in [0.15, 0.2) is 12.1 Å². The Labute approximate surface area is 193 Å². The first-order chi connectivity index (χ1) is 15.2. The van der Waals surface area contributed by atoms with Gasteiger partial charge in [0.15, 0.2) is 12.4 Å². The van der Waals surface area contributed by atoms with E-state index in [2.05, 4.69) is 10.6 Å². The second-order valence-corrected chi connectivity index (χ2v) is 8.91. The van der Waals surface area contributed by atoms with Crippen LogP contribution in [-0.2, 0) is 19.1 Å². The number of carbonyl (C=O) groups excluding carboxylic acids is 5. The third kappa shape index (κ3) is 6.47. The predicted octanol–water partition coefficient (Wildman–Crippen LogP) is 3.11. The second-order valence-electron chi connectivity index (χ2n) is 6.60. The number of ether oxygens (including phenoxy) is 2. The maximum absolute atomic E-state index is 12.3. The number of anilines is 1. The van der Waals surface area contributed by atoms with Crippen LogP contribution in [0, 0.1) is 13.8 Å².